The van der Waals surface area contributed by atoms with Gasteiger partial charge in [0.05, 0.1) is 11.3 Å². The molecule has 0 radical (unpaired) electrons. The fraction of sp³-hybridized carbons (Fsp3) is 0.125. The summed E-state index contributed by atoms with van der Waals surface area (Å²) in [6.45, 7) is 13.7. The number of rotatable bonds is 2. The van der Waals surface area contributed by atoms with Crippen LogP contribution in [0.2, 0.25) is 0 Å². The lowest BCUT2D eigenvalue weighted by molar-refractivity contribution is 0.590. The summed E-state index contributed by atoms with van der Waals surface area (Å²) in [6.07, 6.45) is 0. The summed E-state index contributed by atoms with van der Waals surface area (Å²) in [5.74, 6) is 0. The minimum atomic E-state index is -0.151. The topological polar surface area (TPSA) is 19.6 Å². The predicted octanol–water partition coefficient (Wildman–Crippen LogP) is 16.0. The molecule has 0 aliphatic carbocycles. The van der Waals surface area contributed by atoms with Crippen molar-refractivity contribution in [3.63, 3.8) is 0 Å². The minimum Gasteiger partial charge on any atom is -0.468 e. The quantitative estimate of drug-likeness (QED) is 0.127. The molecule has 12 aromatic rings. The van der Waals surface area contributed by atoms with Gasteiger partial charge in [-0.25, -0.2) is 0 Å². The maximum Gasteiger partial charge on any atom is 0.297 e. The molecule has 0 saturated carbocycles. The summed E-state index contributed by atoms with van der Waals surface area (Å²) >= 11 is 0. The summed E-state index contributed by atoms with van der Waals surface area (Å²) in [5, 5.41) is 16.3. The standard InChI is InChI=1S/C64H49BN2O/c1-63(2,3)38-27-33-59-54(34-38)61-62(68-59)65-55-35-39(64(4,5)6)26-32-56(55)66(40-28-30-50-46-20-9-7-16-42(46)44-18-11-13-22-48(44)52(50)36-40)57-24-15-25-58(60(57)65)67(61)41-29-31-51-47-21-10-8-17-43(47)45-19-12-14-23-49(45)53(51)37-41/h7-37H,1-6H3. The second-order valence-electron chi connectivity index (χ2n) is 21.3. The van der Waals surface area contributed by atoms with Crippen molar-refractivity contribution in [3.05, 3.63) is 199 Å². The average molecular weight is 873 g/mol. The van der Waals surface area contributed by atoms with Crippen LogP contribution in [0.1, 0.15) is 52.7 Å². The SMILES string of the molecule is CC(C)(C)c1ccc2c(c1)B1c3oc4ccc(C(C)(C)C)cc4c3N(c3ccc4c5ccccc5c5ccccc5c4c3)c3cccc(c31)N2c1ccc2c3ccccc3c3ccccc3c2c1. The molecule has 0 N–H and O–H groups in total. The predicted molar refractivity (Wildman–Crippen MR) is 293 cm³/mol. The monoisotopic (exact) mass is 872 g/mol. The molecule has 68 heavy (non-hydrogen) atoms. The normalized spacial score (nSPS) is 13.6. The zero-order valence-corrected chi connectivity index (χ0v) is 39.3. The third kappa shape index (κ3) is 5.49. The first-order valence-corrected chi connectivity index (χ1v) is 24.1. The number of hydrogen-bond acceptors (Lipinski definition) is 3. The van der Waals surface area contributed by atoms with Gasteiger partial charge >= 0.3 is 0 Å². The van der Waals surface area contributed by atoms with E-state index in [1.54, 1.807) is 0 Å². The molecule has 0 saturated heterocycles. The van der Waals surface area contributed by atoms with Crippen molar-refractivity contribution in [1.29, 1.82) is 0 Å². The number of anilines is 6. The molecular formula is C64H49BN2O. The van der Waals surface area contributed by atoms with Crippen LogP contribution in [0.25, 0.3) is 75.6 Å². The first-order valence-electron chi connectivity index (χ1n) is 24.1. The van der Waals surface area contributed by atoms with Crippen LogP contribution in [-0.2, 0) is 10.8 Å². The van der Waals surface area contributed by atoms with E-state index in [2.05, 4.69) is 239 Å². The minimum absolute atomic E-state index is 0.0527. The number of fused-ring (bicyclic) bond motifs is 18. The summed E-state index contributed by atoms with van der Waals surface area (Å²) in [6, 6.07) is 70.8. The van der Waals surface area contributed by atoms with Gasteiger partial charge in [-0.1, -0.05) is 175 Å². The molecule has 14 rings (SSSR count). The van der Waals surface area contributed by atoms with E-state index in [1.807, 2.05) is 0 Å². The Labute approximate surface area is 396 Å². The van der Waals surface area contributed by atoms with Gasteiger partial charge < -0.3 is 14.2 Å². The molecule has 0 fully saturated rings. The molecule has 1 aromatic heterocycles. The first kappa shape index (κ1) is 39.4. The van der Waals surface area contributed by atoms with E-state index in [4.69, 9.17) is 4.42 Å². The third-order valence-electron chi connectivity index (χ3n) is 15.3. The molecule has 0 atom stereocenters. The Balaban J connectivity index is 1.09. The second kappa shape index (κ2) is 13.9. The maximum absolute atomic E-state index is 7.38. The van der Waals surface area contributed by atoms with Crippen molar-refractivity contribution in [1.82, 2.24) is 0 Å². The highest BCUT2D eigenvalue weighted by molar-refractivity contribution is 7.00. The summed E-state index contributed by atoms with van der Waals surface area (Å²) in [7, 11) is 0. The number of benzene rings is 11. The molecule has 0 amide bonds. The van der Waals surface area contributed by atoms with E-state index in [1.165, 1.54) is 98.1 Å². The van der Waals surface area contributed by atoms with E-state index in [0.29, 0.717) is 0 Å². The van der Waals surface area contributed by atoms with Gasteiger partial charge in [-0.2, -0.15) is 0 Å². The zero-order chi connectivity index (χ0) is 45.8. The first-order chi connectivity index (χ1) is 33.0. The highest BCUT2D eigenvalue weighted by atomic mass is 16.3. The van der Waals surface area contributed by atoms with Gasteiger partial charge in [0, 0.05) is 33.8 Å². The van der Waals surface area contributed by atoms with Crippen LogP contribution in [-0.4, -0.2) is 6.71 Å². The molecule has 0 spiro atoms. The van der Waals surface area contributed by atoms with Crippen LogP contribution in [0.3, 0.4) is 0 Å². The van der Waals surface area contributed by atoms with Crippen LogP contribution in [0.4, 0.5) is 34.1 Å². The Kier molecular flexibility index (Phi) is 8.03. The Hall–Kier alpha value is -7.82. The smallest absolute Gasteiger partial charge is 0.297 e. The molecule has 0 unspecified atom stereocenters. The maximum atomic E-state index is 7.38. The third-order valence-corrected chi connectivity index (χ3v) is 15.3. The van der Waals surface area contributed by atoms with Crippen LogP contribution in [0.15, 0.2) is 192 Å². The Morgan fingerprint density at radius 2 is 0.779 bits per heavy atom. The van der Waals surface area contributed by atoms with Gasteiger partial charge in [0.1, 0.15) is 5.58 Å². The van der Waals surface area contributed by atoms with Gasteiger partial charge in [-0.3, -0.25) is 0 Å². The highest BCUT2D eigenvalue weighted by Crippen LogP contribution is 2.49. The van der Waals surface area contributed by atoms with E-state index in [0.717, 1.165) is 39.4 Å². The molecule has 2 aliphatic heterocycles. The van der Waals surface area contributed by atoms with E-state index >= 15 is 0 Å². The Morgan fingerprint density at radius 1 is 0.353 bits per heavy atom. The average Bonchev–Trinajstić information content (AvgIpc) is 3.74. The van der Waals surface area contributed by atoms with E-state index < -0.39 is 0 Å². The van der Waals surface area contributed by atoms with Crippen molar-refractivity contribution in [2.45, 2.75) is 52.4 Å². The molecule has 3 nitrogen and oxygen atoms in total. The molecule has 2 aliphatic rings. The fourth-order valence-corrected chi connectivity index (χ4v) is 12.0. The molecule has 3 heterocycles. The van der Waals surface area contributed by atoms with Crippen molar-refractivity contribution in [2.24, 2.45) is 0 Å². The van der Waals surface area contributed by atoms with E-state index in [-0.39, 0.29) is 17.5 Å². The molecular weight excluding hydrogens is 824 g/mol. The summed E-state index contributed by atoms with van der Waals surface area (Å²) in [4.78, 5) is 5.06. The number of furan rings is 1. The Morgan fingerprint density at radius 3 is 1.28 bits per heavy atom. The largest absolute Gasteiger partial charge is 0.468 e. The molecule has 4 heteroatoms. The van der Waals surface area contributed by atoms with Crippen LogP contribution in [0.5, 0.6) is 0 Å². The van der Waals surface area contributed by atoms with Gasteiger partial charge in [-0.15, -0.1) is 0 Å². The van der Waals surface area contributed by atoms with Crippen molar-refractivity contribution >= 4 is 133 Å². The van der Waals surface area contributed by atoms with Crippen molar-refractivity contribution < 1.29 is 4.42 Å². The zero-order valence-electron chi connectivity index (χ0n) is 39.3. The van der Waals surface area contributed by atoms with Gasteiger partial charge in [0.25, 0.3) is 6.71 Å². The summed E-state index contributed by atoms with van der Waals surface area (Å²) in [5.41, 5.74) is 13.7. The lowest BCUT2D eigenvalue weighted by atomic mass is 9.35. The van der Waals surface area contributed by atoms with Gasteiger partial charge in [0.2, 0.25) is 0 Å². The lowest BCUT2D eigenvalue weighted by Gasteiger charge is -2.43. The van der Waals surface area contributed by atoms with Crippen LogP contribution in [0, 0.1) is 0 Å². The number of nitrogens with zero attached hydrogens (tertiary/aromatic N) is 2. The molecule has 324 valence electrons. The molecule has 11 aromatic carbocycles. The van der Waals surface area contributed by atoms with Gasteiger partial charge in [0.15, 0.2) is 0 Å². The second-order valence-corrected chi connectivity index (χ2v) is 21.3. The fourth-order valence-electron chi connectivity index (χ4n) is 12.0. The summed E-state index contributed by atoms with van der Waals surface area (Å²) < 4.78 is 7.38. The van der Waals surface area contributed by atoms with Crippen molar-refractivity contribution in [2.75, 3.05) is 9.80 Å². The molecule has 0 bridgehead atoms. The van der Waals surface area contributed by atoms with Crippen LogP contribution < -0.4 is 26.4 Å². The van der Waals surface area contributed by atoms with Crippen molar-refractivity contribution in [3.8, 4) is 0 Å². The van der Waals surface area contributed by atoms with E-state index in [9.17, 15) is 0 Å². The van der Waals surface area contributed by atoms with Crippen LogP contribution >= 0.6 is 0 Å². The highest BCUT2D eigenvalue weighted by Gasteiger charge is 2.47. The lowest BCUT2D eigenvalue weighted by Crippen LogP contribution is -2.61. The Bertz CT molecular complexity index is 4080. The number of hydrogen-bond donors (Lipinski definition) is 0. The van der Waals surface area contributed by atoms with Gasteiger partial charge in [-0.05, 0) is 152 Å².